The lowest BCUT2D eigenvalue weighted by molar-refractivity contribution is 0.242. The maximum Gasteiger partial charge on any atom is 0.161 e. The fraction of sp³-hybridized carbons (Fsp3) is 0.222. The second-order valence-electron chi connectivity index (χ2n) is 5.41. The summed E-state index contributed by atoms with van der Waals surface area (Å²) in [5, 5.41) is 1.23. The first-order valence-corrected chi connectivity index (χ1v) is 7.73. The van der Waals surface area contributed by atoms with Gasteiger partial charge in [-0.2, -0.15) is 0 Å². The first kappa shape index (κ1) is 15.6. The summed E-state index contributed by atoms with van der Waals surface area (Å²) < 4.78 is 10.9. The van der Waals surface area contributed by atoms with Crippen molar-refractivity contribution in [2.45, 2.75) is 20.0 Å². The number of fused-ring (bicyclic) bond motifs is 1. The molecule has 0 aliphatic rings. The van der Waals surface area contributed by atoms with Crippen LogP contribution in [0.15, 0.2) is 42.5 Å². The highest BCUT2D eigenvalue weighted by Gasteiger charge is 2.09. The summed E-state index contributed by atoms with van der Waals surface area (Å²) in [7, 11) is 1.62. The van der Waals surface area contributed by atoms with E-state index in [2.05, 4.69) is 9.97 Å². The van der Waals surface area contributed by atoms with Gasteiger partial charge in [0.1, 0.15) is 16.7 Å². The van der Waals surface area contributed by atoms with Gasteiger partial charge < -0.3 is 9.47 Å². The van der Waals surface area contributed by atoms with Crippen molar-refractivity contribution in [2.75, 3.05) is 7.11 Å². The van der Waals surface area contributed by atoms with Crippen molar-refractivity contribution in [2.24, 2.45) is 0 Å². The Labute approximate surface area is 140 Å². The number of rotatable bonds is 4. The summed E-state index contributed by atoms with van der Waals surface area (Å²) in [6.07, 6.45) is 0.139. The molecule has 0 N–H and O–H groups in total. The van der Waals surface area contributed by atoms with Gasteiger partial charge in [0.25, 0.3) is 0 Å². The number of ether oxygens (including phenoxy) is 2. The Morgan fingerprint density at radius 3 is 2.30 bits per heavy atom. The molecule has 0 radical (unpaired) electrons. The van der Waals surface area contributed by atoms with Crippen molar-refractivity contribution in [1.82, 2.24) is 9.97 Å². The Kier molecular flexibility index (Phi) is 4.35. The highest BCUT2D eigenvalue weighted by Crippen LogP contribution is 2.28. The third kappa shape index (κ3) is 3.37. The maximum atomic E-state index is 6.29. The van der Waals surface area contributed by atoms with E-state index in [1.165, 1.54) is 0 Å². The van der Waals surface area contributed by atoms with E-state index >= 15 is 0 Å². The van der Waals surface area contributed by atoms with Gasteiger partial charge in [-0.3, -0.25) is 0 Å². The van der Waals surface area contributed by atoms with Crippen molar-refractivity contribution >= 4 is 22.5 Å². The Balaban J connectivity index is 2.02. The van der Waals surface area contributed by atoms with Gasteiger partial charge in [-0.05, 0) is 50.2 Å². The first-order valence-electron chi connectivity index (χ1n) is 7.35. The fourth-order valence-corrected chi connectivity index (χ4v) is 2.52. The fourth-order valence-electron chi connectivity index (χ4n) is 2.28. The van der Waals surface area contributed by atoms with Crippen LogP contribution in [0, 0.1) is 0 Å². The number of aromatic nitrogens is 2. The van der Waals surface area contributed by atoms with Gasteiger partial charge in [-0.25, -0.2) is 9.97 Å². The lowest BCUT2D eigenvalue weighted by Crippen LogP contribution is -2.05. The van der Waals surface area contributed by atoms with Crippen molar-refractivity contribution in [1.29, 1.82) is 0 Å². The van der Waals surface area contributed by atoms with Crippen molar-refractivity contribution in [3.8, 4) is 22.9 Å². The minimum absolute atomic E-state index is 0.139. The lowest BCUT2D eigenvalue weighted by Gasteiger charge is -2.10. The van der Waals surface area contributed by atoms with Crippen LogP contribution in [0.1, 0.15) is 13.8 Å². The molecule has 5 heteroatoms. The van der Waals surface area contributed by atoms with Crippen LogP contribution in [0.3, 0.4) is 0 Å². The number of hydrogen-bond donors (Lipinski definition) is 0. The molecule has 3 rings (SSSR count). The van der Waals surface area contributed by atoms with Gasteiger partial charge >= 0.3 is 0 Å². The zero-order valence-electron chi connectivity index (χ0n) is 13.2. The van der Waals surface area contributed by atoms with Crippen LogP contribution in [0.5, 0.6) is 11.5 Å². The quantitative estimate of drug-likeness (QED) is 0.648. The molecule has 0 saturated heterocycles. The average molecular weight is 329 g/mol. The zero-order chi connectivity index (χ0) is 16.4. The molecule has 0 atom stereocenters. The van der Waals surface area contributed by atoms with Crippen LogP contribution in [-0.2, 0) is 0 Å². The second kappa shape index (κ2) is 6.42. The summed E-state index contributed by atoms with van der Waals surface area (Å²) in [6, 6.07) is 13.2. The van der Waals surface area contributed by atoms with E-state index in [0.29, 0.717) is 11.0 Å². The molecule has 0 aliphatic heterocycles. The Hall–Kier alpha value is -2.33. The molecule has 0 unspecified atom stereocenters. The Bertz CT molecular complexity index is 832. The third-order valence-electron chi connectivity index (χ3n) is 3.34. The van der Waals surface area contributed by atoms with Crippen LogP contribution >= 0.6 is 11.6 Å². The van der Waals surface area contributed by atoms with E-state index in [4.69, 9.17) is 21.1 Å². The highest BCUT2D eigenvalue weighted by molar-refractivity contribution is 6.34. The minimum atomic E-state index is 0.139. The Morgan fingerprint density at radius 2 is 1.65 bits per heavy atom. The first-order chi connectivity index (χ1) is 11.1. The molecule has 4 nitrogen and oxygen atoms in total. The molecule has 0 fully saturated rings. The van der Waals surface area contributed by atoms with E-state index in [-0.39, 0.29) is 6.10 Å². The molecule has 0 bridgehead atoms. The Morgan fingerprint density at radius 1 is 0.957 bits per heavy atom. The number of benzene rings is 2. The second-order valence-corrected chi connectivity index (χ2v) is 5.77. The van der Waals surface area contributed by atoms with E-state index in [1.54, 1.807) is 7.11 Å². The molecule has 23 heavy (non-hydrogen) atoms. The standard InChI is InChI=1S/C18H17ClN2O2/c1-11(2)23-13-6-4-12(5-7-13)18-20-16-10-14(22-3)8-9-15(16)17(19)21-18/h4-11H,1-3H3. The molecule has 1 heterocycles. The molecule has 0 saturated carbocycles. The SMILES string of the molecule is COc1ccc2c(Cl)nc(-c3ccc(OC(C)C)cc3)nc2c1. The van der Waals surface area contributed by atoms with E-state index in [1.807, 2.05) is 56.3 Å². The lowest BCUT2D eigenvalue weighted by atomic mass is 10.2. The monoisotopic (exact) mass is 328 g/mol. The molecular formula is C18H17ClN2O2. The summed E-state index contributed by atoms with van der Waals surface area (Å²) in [5.41, 5.74) is 1.63. The van der Waals surface area contributed by atoms with Gasteiger partial charge in [0.2, 0.25) is 0 Å². The molecule has 2 aromatic carbocycles. The predicted octanol–water partition coefficient (Wildman–Crippen LogP) is 4.75. The average Bonchev–Trinajstić information content (AvgIpc) is 2.54. The van der Waals surface area contributed by atoms with Crippen LogP contribution in [-0.4, -0.2) is 23.2 Å². The van der Waals surface area contributed by atoms with E-state index in [0.717, 1.165) is 28.0 Å². The van der Waals surface area contributed by atoms with Gasteiger partial charge in [-0.1, -0.05) is 11.6 Å². The smallest absolute Gasteiger partial charge is 0.161 e. The summed E-state index contributed by atoms with van der Waals surface area (Å²) in [4.78, 5) is 8.98. The normalized spacial score (nSPS) is 11.0. The number of hydrogen-bond acceptors (Lipinski definition) is 4. The topological polar surface area (TPSA) is 44.2 Å². The van der Waals surface area contributed by atoms with Crippen molar-refractivity contribution < 1.29 is 9.47 Å². The summed E-state index contributed by atoms with van der Waals surface area (Å²) >= 11 is 6.29. The van der Waals surface area contributed by atoms with Crippen LogP contribution in [0.25, 0.3) is 22.3 Å². The van der Waals surface area contributed by atoms with Gasteiger partial charge in [0.15, 0.2) is 5.82 Å². The molecule has 0 spiro atoms. The maximum absolute atomic E-state index is 6.29. The zero-order valence-corrected chi connectivity index (χ0v) is 14.0. The van der Waals surface area contributed by atoms with Crippen molar-refractivity contribution in [3.05, 3.63) is 47.6 Å². The van der Waals surface area contributed by atoms with Gasteiger partial charge in [0.05, 0.1) is 18.7 Å². The highest BCUT2D eigenvalue weighted by atomic mass is 35.5. The van der Waals surface area contributed by atoms with Gasteiger partial charge in [0, 0.05) is 17.0 Å². The van der Waals surface area contributed by atoms with Crippen molar-refractivity contribution in [3.63, 3.8) is 0 Å². The van der Waals surface area contributed by atoms with E-state index in [9.17, 15) is 0 Å². The largest absolute Gasteiger partial charge is 0.497 e. The molecule has 1 aromatic heterocycles. The number of nitrogens with zero attached hydrogens (tertiary/aromatic N) is 2. The number of halogens is 1. The molecular weight excluding hydrogens is 312 g/mol. The molecule has 118 valence electrons. The summed E-state index contributed by atoms with van der Waals surface area (Å²) in [5.74, 6) is 2.13. The molecule has 0 aliphatic carbocycles. The molecule has 0 amide bonds. The van der Waals surface area contributed by atoms with Crippen LogP contribution in [0.4, 0.5) is 0 Å². The van der Waals surface area contributed by atoms with Gasteiger partial charge in [-0.15, -0.1) is 0 Å². The minimum Gasteiger partial charge on any atom is -0.497 e. The number of methoxy groups -OCH3 is 1. The summed E-state index contributed by atoms with van der Waals surface area (Å²) in [6.45, 7) is 3.99. The van der Waals surface area contributed by atoms with Crippen LogP contribution in [0.2, 0.25) is 5.15 Å². The van der Waals surface area contributed by atoms with E-state index < -0.39 is 0 Å². The third-order valence-corrected chi connectivity index (χ3v) is 3.63. The molecule has 3 aromatic rings. The predicted molar refractivity (Wildman–Crippen MR) is 92.3 cm³/mol. The van der Waals surface area contributed by atoms with Crippen LogP contribution < -0.4 is 9.47 Å².